The third-order valence-electron chi connectivity index (χ3n) is 4.26. The molecule has 2 aromatic rings. The summed E-state index contributed by atoms with van der Waals surface area (Å²) in [7, 11) is 0. The minimum Gasteiger partial charge on any atom is -0.391 e. The van der Waals surface area contributed by atoms with Crippen LogP contribution >= 0.6 is 0 Å². The molecule has 0 bridgehead atoms. The van der Waals surface area contributed by atoms with Gasteiger partial charge >= 0.3 is 0 Å². The van der Waals surface area contributed by atoms with E-state index in [1.165, 1.54) is 24.3 Å². The number of likely N-dealkylation sites (tertiary alicyclic amines) is 1. The van der Waals surface area contributed by atoms with Crippen LogP contribution in [0.4, 0.5) is 4.39 Å². The summed E-state index contributed by atoms with van der Waals surface area (Å²) in [5.74, 6) is -0.662. The van der Waals surface area contributed by atoms with E-state index in [1.807, 2.05) is 0 Å². The molecule has 1 amide bonds. The maximum Gasteiger partial charge on any atom is 0.274 e. The molecule has 126 valence electrons. The molecular formula is C17H18FN3O3. The van der Waals surface area contributed by atoms with Gasteiger partial charge in [-0.05, 0) is 43.0 Å². The van der Waals surface area contributed by atoms with Gasteiger partial charge in [0.2, 0.25) is 0 Å². The molecule has 1 aromatic carbocycles. The first kappa shape index (κ1) is 16.3. The minimum absolute atomic E-state index is 0.132. The molecule has 1 saturated heterocycles. The predicted octanol–water partition coefficient (Wildman–Crippen LogP) is 1.12. The Morgan fingerprint density at radius 1 is 1.29 bits per heavy atom. The third-order valence-corrected chi connectivity index (χ3v) is 4.26. The number of carbonyl (C=O) groups is 1. The Morgan fingerprint density at radius 3 is 2.71 bits per heavy atom. The van der Waals surface area contributed by atoms with Crippen molar-refractivity contribution in [3.63, 3.8) is 0 Å². The van der Waals surface area contributed by atoms with Crippen molar-refractivity contribution in [2.75, 3.05) is 6.54 Å². The van der Waals surface area contributed by atoms with Crippen molar-refractivity contribution in [2.45, 2.75) is 31.4 Å². The zero-order chi connectivity index (χ0) is 17.1. The fourth-order valence-corrected chi connectivity index (χ4v) is 3.01. The van der Waals surface area contributed by atoms with Crippen molar-refractivity contribution in [3.8, 4) is 0 Å². The van der Waals surface area contributed by atoms with Gasteiger partial charge in [0.25, 0.3) is 11.5 Å². The topological polar surface area (TPSA) is 86.3 Å². The van der Waals surface area contributed by atoms with E-state index in [9.17, 15) is 19.1 Å². The smallest absolute Gasteiger partial charge is 0.274 e. The second-order valence-corrected chi connectivity index (χ2v) is 5.91. The summed E-state index contributed by atoms with van der Waals surface area (Å²) in [6.07, 6.45) is 1.07. The third kappa shape index (κ3) is 3.51. The molecule has 0 spiro atoms. The van der Waals surface area contributed by atoms with E-state index in [1.54, 1.807) is 17.0 Å². The van der Waals surface area contributed by atoms with E-state index in [4.69, 9.17) is 0 Å². The van der Waals surface area contributed by atoms with Crippen molar-refractivity contribution >= 4 is 5.91 Å². The SMILES string of the molecule is O=C(c1ccc(=O)[nH]n1)N1CCC[C@H](O)[C@@H]1Cc1ccc(F)cc1. The quantitative estimate of drug-likeness (QED) is 0.882. The highest BCUT2D eigenvalue weighted by molar-refractivity contribution is 5.92. The number of nitrogens with one attached hydrogen (secondary N) is 1. The fourth-order valence-electron chi connectivity index (χ4n) is 3.01. The number of rotatable bonds is 3. The average Bonchev–Trinajstić information content (AvgIpc) is 2.58. The number of hydrogen-bond acceptors (Lipinski definition) is 4. The van der Waals surface area contributed by atoms with Crippen LogP contribution in [-0.4, -0.2) is 44.8 Å². The van der Waals surface area contributed by atoms with Gasteiger partial charge in [-0.25, -0.2) is 9.49 Å². The maximum absolute atomic E-state index is 13.0. The first-order valence-corrected chi connectivity index (χ1v) is 7.84. The lowest BCUT2D eigenvalue weighted by molar-refractivity contribution is 0.0114. The lowest BCUT2D eigenvalue weighted by atomic mass is 9.92. The Bertz CT molecular complexity index is 755. The summed E-state index contributed by atoms with van der Waals surface area (Å²) in [6, 6.07) is 8.23. The number of aliphatic hydroxyl groups is 1. The van der Waals surface area contributed by atoms with Crippen LogP contribution in [0.25, 0.3) is 0 Å². The number of benzene rings is 1. The molecule has 1 aliphatic heterocycles. The van der Waals surface area contributed by atoms with Crippen LogP contribution in [0.2, 0.25) is 0 Å². The van der Waals surface area contributed by atoms with Gasteiger partial charge < -0.3 is 10.0 Å². The van der Waals surface area contributed by atoms with Crippen LogP contribution in [0.15, 0.2) is 41.2 Å². The molecule has 6 nitrogen and oxygen atoms in total. The number of aromatic nitrogens is 2. The summed E-state index contributed by atoms with van der Waals surface area (Å²) in [5.41, 5.74) is 0.593. The van der Waals surface area contributed by atoms with Gasteiger partial charge in [-0.3, -0.25) is 9.59 Å². The van der Waals surface area contributed by atoms with Crippen molar-refractivity contribution in [2.24, 2.45) is 0 Å². The van der Waals surface area contributed by atoms with Crippen LogP contribution in [0.5, 0.6) is 0 Å². The summed E-state index contributed by atoms with van der Waals surface area (Å²) in [4.78, 5) is 25.4. The highest BCUT2D eigenvalue weighted by Gasteiger charge is 2.34. The first-order chi connectivity index (χ1) is 11.5. The Balaban J connectivity index is 1.83. The van der Waals surface area contributed by atoms with Crippen molar-refractivity contribution in [1.29, 1.82) is 0 Å². The largest absolute Gasteiger partial charge is 0.391 e. The molecule has 3 rings (SSSR count). The molecule has 2 N–H and O–H groups in total. The summed E-state index contributed by atoms with van der Waals surface area (Å²) in [5, 5.41) is 16.4. The molecule has 1 aromatic heterocycles. The van der Waals surface area contributed by atoms with Crippen molar-refractivity contribution < 1.29 is 14.3 Å². The lowest BCUT2D eigenvalue weighted by Gasteiger charge is -2.39. The number of hydrogen-bond donors (Lipinski definition) is 2. The summed E-state index contributed by atoms with van der Waals surface area (Å²) >= 11 is 0. The number of carbonyl (C=O) groups excluding carboxylic acids is 1. The monoisotopic (exact) mass is 331 g/mol. The molecule has 2 atom stereocenters. The number of H-pyrrole nitrogens is 1. The number of halogens is 1. The Hall–Kier alpha value is -2.54. The molecule has 0 aliphatic carbocycles. The molecule has 1 fully saturated rings. The number of amides is 1. The molecule has 24 heavy (non-hydrogen) atoms. The van der Waals surface area contributed by atoms with Crippen molar-refractivity contribution in [1.82, 2.24) is 15.1 Å². The summed E-state index contributed by atoms with van der Waals surface area (Å²) in [6.45, 7) is 0.503. The lowest BCUT2D eigenvalue weighted by Crippen LogP contribution is -2.52. The van der Waals surface area contributed by atoms with Gasteiger partial charge in [-0.2, -0.15) is 5.10 Å². The fraction of sp³-hybridized carbons (Fsp3) is 0.353. The minimum atomic E-state index is -0.657. The predicted molar refractivity (Wildman–Crippen MR) is 85.0 cm³/mol. The standard InChI is InChI=1S/C17H18FN3O3/c18-12-5-3-11(4-6-12)10-14-15(22)2-1-9-21(14)17(24)13-7-8-16(23)20-19-13/h3-8,14-15,22H,1-2,9-10H2,(H,20,23)/t14-,15-/m0/s1. The van der Waals surface area contributed by atoms with E-state index in [0.717, 1.165) is 5.56 Å². The molecule has 1 aliphatic rings. The van der Waals surface area contributed by atoms with Gasteiger partial charge in [0.1, 0.15) is 11.5 Å². The van der Waals surface area contributed by atoms with E-state index in [2.05, 4.69) is 10.2 Å². The number of nitrogens with zero attached hydrogens (tertiary/aromatic N) is 2. The van der Waals surface area contributed by atoms with Crippen LogP contribution in [-0.2, 0) is 6.42 Å². The highest BCUT2D eigenvalue weighted by atomic mass is 19.1. The summed E-state index contributed by atoms with van der Waals surface area (Å²) < 4.78 is 13.0. The second kappa shape index (κ2) is 6.92. The Morgan fingerprint density at radius 2 is 2.04 bits per heavy atom. The van der Waals surface area contributed by atoms with Crippen LogP contribution in [0, 0.1) is 5.82 Å². The van der Waals surface area contributed by atoms with E-state index in [-0.39, 0.29) is 23.0 Å². The zero-order valence-corrected chi connectivity index (χ0v) is 13.0. The van der Waals surface area contributed by atoms with Crippen LogP contribution in [0.1, 0.15) is 28.9 Å². The molecular weight excluding hydrogens is 313 g/mol. The average molecular weight is 331 g/mol. The maximum atomic E-state index is 13.0. The second-order valence-electron chi connectivity index (χ2n) is 5.91. The number of aliphatic hydroxyl groups excluding tert-OH is 1. The highest BCUT2D eigenvalue weighted by Crippen LogP contribution is 2.23. The van der Waals surface area contributed by atoms with Gasteiger partial charge in [0.05, 0.1) is 12.1 Å². The first-order valence-electron chi connectivity index (χ1n) is 7.84. The van der Waals surface area contributed by atoms with Gasteiger partial charge in [0, 0.05) is 12.6 Å². The normalized spacial score (nSPS) is 20.8. The Labute approximate surface area is 137 Å². The Kier molecular flexibility index (Phi) is 4.71. The molecule has 2 heterocycles. The van der Waals surface area contributed by atoms with Crippen molar-refractivity contribution in [3.05, 3.63) is 63.8 Å². The van der Waals surface area contributed by atoms with Gasteiger partial charge in [-0.1, -0.05) is 12.1 Å². The molecule has 0 saturated carbocycles. The van der Waals surface area contributed by atoms with Crippen LogP contribution < -0.4 is 5.56 Å². The van der Waals surface area contributed by atoms with Crippen LogP contribution in [0.3, 0.4) is 0 Å². The van der Waals surface area contributed by atoms with E-state index in [0.29, 0.717) is 25.8 Å². The number of piperidine rings is 1. The van der Waals surface area contributed by atoms with E-state index >= 15 is 0 Å². The molecule has 0 unspecified atom stereocenters. The van der Waals surface area contributed by atoms with E-state index < -0.39 is 12.1 Å². The van der Waals surface area contributed by atoms with Gasteiger partial charge in [0.15, 0.2) is 0 Å². The zero-order valence-electron chi connectivity index (χ0n) is 13.0. The number of aromatic amines is 1. The molecule has 0 radical (unpaired) electrons. The van der Waals surface area contributed by atoms with Gasteiger partial charge in [-0.15, -0.1) is 0 Å². The molecule has 7 heteroatoms.